The van der Waals surface area contributed by atoms with Gasteiger partial charge in [-0.15, -0.1) is 0 Å². The molecule has 0 aliphatic carbocycles. The number of benzene rings is 1. The number of carbonyl (C=O) groups is 1. The summed E-state index contributed by atoms with van der Waals surface area (Å²) in [5.74, 6) is -0.693. The molecular formula is C16H23NO2. The summed E-state index contributed by atoms with van der Waals surface area (Å²) in [6.45, 7) is 8.08. The largest absolute Gasteiger partial charge is 0.480 e. The number of likely N-dealkylation sites (tertiary alicyclic amines) is 1. The first-order chi connectivity index (χ1) is 8.99. The molecule has 1 aliphatic rings. The smallest absolute Gasteiger partial charge is 0.321 e. The molecule has 0 saturated carbocycles. The van der Waals surface area contributed by atoms with E-state index >= 15 is 0 Å². The molecule has 0 bridgehead atoms. The summed E-state index contributed by atoms with van der Waals surface area (Å²) in [5, 5.41) is 9.49. The zero-order chi connectivity index (χ0) is 14.0. The summed E-state index contributed by atoms with van der Waals surface area (Å²) >= 11 is 0. The van der Waals surface area contributed by atoms with Gasteiger partial charge in [-0.25, -0.2) is 0 Å². The second-order valence-electron chi connectivity index (χ2n) is 5.68. The first-order valence-electron chi connectivity index (χ1n) is 7.02. The Morgan fingerprint density at radius 2 is 1.74 bits per heavy atom. The lowest BCUT2D eigenvalue weighted by atomic mass is 9.94. The van der Waals surface area contributed by atoms with Crippen LogP contribution in [-0.4, -0.2) is 35.1 Å². The lowest BCUT2D eigenvalue weighted by Gasteiger charge is -2.25. The van der Waals surface area contributed by atoms with Gasteiger partial charge in [0.15, 0.2) is 0 Å². The van der Waals surface area contributed by atoms with Crippen molar-refractivity contribution in [3.63, 3.8) is 0 Å². The van der Waals surface area contributed by atoms with E-state index < -0.39 is 5.97 Å². The Kier molecular flexibility index (Phi) is 4.25. The van der Waals surface area contributed by atoms with E-state index in [0.29, 0.717) is 6.42 Å². The minimum Gasteiger partial charge on any atom is -0.480 e. The summed E-state index contributed by atoms with van der Waals surface area (Å²) in [6.07, 6.45) is 2.86. The molecule has 1 aliphatic heterocycles. The van der Waals surface area contributed by atoms with E-state index in [1.54, 1.807) is 0 Å². The van der Waals surface area contributed by atoms with E-state index in [-0.39, 0.29) is 6.04 Å². The SMILES string of the molecule is Cc1cc(C)c(CC(C(=O)O)N2CCCC2)c(C)c1. The summed E-state index contributed by atoms with van der Waals surface area (Å²) in [6, 6.07) is 3.92. The van der Waals surface area contributed by atoms with E-state index in [0.717, 1.165) is 25.9 Å². The van der Waals surface area contributed by atoms with Crippen LogP contribution in [0.15, 0.2) is 12.1 Å². The maximum atomic E-state index is 11.5. The van der Waals surface area contributed by atoms with Crippen LogP contribution < -0.4 is 0 Å². The highest BCUT2D eigenvalue weighted by Crippen LogP contribution is 2.22. The summed E-state index contributed by atoms with van der Waals surface area (Å²) in [5.41, 5.74) is 4.86. The highest BCUT2D eigenvalue weighted by atomic mass is 16.4. The van der Waals surface area contributed by atoms with Crippen molar-refractivity contribution >= 4 is 5.97 Å². The number of aryl methyl sites for hydroxylation is 3. The Morgan fingerprint density at radius 3 is 2.21 bits per heavy atom. The van der Waals surface area contributed by atoms with Crippen molar-refractivity contribution < 1.29 is 9.90 Å². The number of aliphatic carboxylic acids is 1. The summed E-state index contributed by atoms with van der Waals surface area (Å²) < 4.78 is 0. The first-order valence-corrected chi connectivity index (χ1v) is 7.02. The normalized spacial score (nSPS) is 17.6. The zero-order valence-corrected chi connectivity index (χ0v) is 12.1. The maximum Gasteiger partial charge on any atom is 0.321 e. The number of carboxylic acids is 1. The average molecular weight is 261 g/mol. The molecular weight excluding hydrogens is 238 g/mol. The number of hydrogen-bond donors (Lipinski definition) is 1. The maximum absolute atomic E-state index is 11.5. The molecule has 0 aromatic heterocycles. The standard InChI is InChI=1S/C16H23NO2/c1-11-8-12(2)14(13(3)9-11)10-15(16(18)19)17-6-4-5-7-17/h8-9,15H,4-7,10H2,1-3H3,(H,18,19). The quantitative estimate of drug-likeness (QED) is 0.906. The van der Waals surface area contributed by atoms with Crippen molar-refractivity contribution in [1.82, 2.24) is 4.90 Å². The molecule has 0 amide bonds. The predicted molar refractivity (Wildman–Crippen MR) is 76.6 cm³/mol. The van der Waals surface area contributed by atoms with Crippen LogP contribution in [0, 0.1) is 20.8 Å². The van der Waals surface area contributed by atoms with Gasteiger partial charge < -0.3 is 5.11 Å². The van der Waals surface area contributed by atoms with Gasteiger partial charge in [-0.1, -0.05) is 17.7 Å². The molecule has 104 valence electrons. The molecule has 1 unspecified atom stereocenters. The van der Waals surface area contributed by atoms with Gasteiger partial charge in [0.25, 0.3) is 0 Å². The molecule has 1 aromatic carbocycles. The van der Waals surface area contributed by atoms with Crippen molar-refractivity contribution in [3.05, 3.63) is 34.4 Å². The van der Waals surface area contributed by atoms with Crippen LogP contribution >= 0.6 is 0 Å². The lowest BCUT2D eigenvalue weighted by molar-refractivity contribution is -0.142. The van der Waals surface area contributed by atoms with E-state index in [2.05, 4.69) is 37.8 Å². The van der Waals surface area contributed by atoms with Gasteiger partial charge in [-0.3, -0.25) is 9.69 Å². The summed E-state index contributed by atoms with van der Waals surface area (Å²) in [4.78, 5) is 13.7. The van der Waals surface area contributed by atoms with Gasteiger partial charge in [0.2, 0.25) is 0 Å². The van der Waals surface area contributed by atoms with Crippen LogP contribution in [0.1, 0.15) is 35.1 Å². The van der Waals surface area contributed by atoms with Crippen LogP contribution in [0.5, 0.6) is 0 Å². The zero-order valence-electron chi connectivity index (χ0n) is 12.1. The Labute approximate surface area is 115 Å². The predicted octanol–water partition coefficient (Wildman–Crippen LogP) is 2.70. The molecule has 0 radical (unpaired) electrons. The Balaban J connectivity index is 2.24. The van der Waals surface area contributed by atoms with Crippen LogP contribution in [0.4, 0.5) is 0 Å². The average Bonchev–Trinajstić information content (AvgIpc) is 2.80. The molecule has 2 rings (SSSR count). The fraction of sp³-hybridized carbons (Fsp3) is 0.562. The Morgan fingerprint density at radius 1 is 1.21 bits per heavy atom. The van der Waals surface area contributed by atoms with Crippen molar-refractivity contribution in [2.45, 2.75) is 46.1 Å². The molecule has 19 heavy (non-hydrogen) atoms. The first kappa shape index (κ1) is 14.1. The lowest BCUT2D eigenvalue weighted by Crippen LogP contribution is -2.41. The Bertz CT molecular complexity index is 453. The van der Waals surface area contributed by atoms with E-state index in [1.165, 1.54) is 22.3 Å². The molecule has 0 spiro atoms. The van der Waals surface area contributed by atoms with E-state index in [9.17, 15) is 9.90 Å². The van der Waals surface area contributed by atoms with Gasteiger partial charge >= 0.3 is 5.97 Å². The van der Waals surface area contributed by atoms with Crippen LogP contribution in [0.2, 0.25) is 0 Å². The van der Waals surface area contributed by atoms with Crippen molar-refractivity contribution in [2.75, 3.05) is 13.1 Å². The van der Waals surface area contributed by atoms with Crippen LogP contribution in [0.3, 0.4) is 0 Å². The molecule has 1 fully saturated rings. The van der Waals surface area contributed by atoms with Crippen molar-refractivity contribution in [3.8, 4) is 0 Å². The third-order valence-corrected chi connectivity index (χ3v) is 4.10. The van der Waals surface area contributed by atoms with Crippen molar-refractivity contribution in [2.24, 2.45) is 0 Å². The summed E-state index contributed by atoms with van der Waals surface area (Å²) in [7, 11) is 0. The number of carboxylic acid groups (broad SMARTS) is 1. The molecule has 1 heterocycles. The fourth-order valence-corrected chi connectivity index (χ4v) is 3.15. The molecule has 1 saturated heterocycles. The van der Waals surface area contributed by atoms with Gasteiger partial charge in [0.05, 0.1) is 0 Å². The van der Waals surface area contributed by atoms with Gasteiger partial charge in [0, 0.05) is 0 Å². The molecule has 1 atom stereocenters. The number of hydrogen-bond acceptors (Lipinski definition) is 2. The minimum absolute atomic E-state index is 0.373. The second kappa shape index (κ2) is 5.74. The van der Waals surface area contributed by atoms with Crippen molar-refractivity contribution in [1.29, 1.82) is 0 Å². The highest BCUT2D eigenvalue weighted by molar-refractivity contribution is 5.74. The number of nitrogens with zero attached hydrogens (tertiary/aromatic N) is 1. The van der Waals surface area contributed by atoms with Gasteiger partial charge in [-0.2, -0.15) is 0 Å². The fourth-order valence-electron chi connectivity index (χ4n) is 3.15. The molecule has 1 N–H and O–H groups in total. The monoisotopic (exact) mass is 261 g/mol. The van der Waals surface area contributed by atoms with Crippen LogP contribution in [-0.2, 0) is 11.2 Å². The molecule has 1 aromatic rings. The number of rotatable bonds is 4. The third kappa shape index (κ3) is 3.16. The molecule has 3 heteroatoms. The van der Waals surface area contributed by atoms with E-state index in [4.69, 9.17) is 0 Å². The van der Waals surface area contributed by atoms with Crippen LogP contribution in [0.25, 0.3) is 0 Å². The topological polar surface area (TPSA) is 40.5 Å². The Hall–Kier alpha value is -1.35. The highest BCUT2D eigenvalue weighted by Gasteiger charge is 2.28. The second-order valence-corrected chi connectivity index (χ2v) is 5.68. The van der Waals surface area contributed by atoms with Gasteiger partial charge in [0.1, 0.15) is 6.04 Å². The minimum atomic E-state index is -0.693. The van der Waals surface area contributed by atoms with Gasteiger partial charge in [-0.05, 0) is 69.8 Å². The third-order valence-electron chi connectivity index (χ3n) is 4.10. The molecule has 3 nitrogen and oxygen atoms in total. The van der Waals surface area contributed by atoms with E-state index in [1.807, 2.05) is 0 Å².